The molecule has 0 fully saturated rings. The maximum absolute atomic E-state index is 11.1. The normalized spacial score (nSPS) is 15.9. The number of ketones is 1. The summed E-state index contributed by atoms with van der Waals surface area (Å²) in [5, 5.41) is 0. The first-order valence-electron chi connectivity index (χ1n) is 3.25. The average molecular weight is 138 g/mol. The first kappa shape index (κ1) is 7.06. The van der Waals surface area contributed by atoms with Crippen LogP contribution in [0.1, 0.15) is 13.3 Å². The minimum Gasteiger partial charge on any atom is -0.489 e. The van der Waals surface area contributed by atoms with E-state index in [1.54, 1.807) is 13.0 Å². The molecule has 0 aromatic rings. The summed E-state index contributed by atoms with van der Waals surface area (Å²) in [5.74, 6) is 0.394. The summed E-state index contributed by atoms with van der Waals surface area (Å²) in [6, 6.07) is 0. The van der Waals surface area contributed by atoms with Gasteiger partial charge in [0.1, 0.15) is 0 Å². The van der Waals surface area contributed by atoms with Crippen molar-refractivity contribution in [1.29, 1.82) is 0 Å². The van der Waals surface area contributed by atoms with Crippen LogP contribution in [0.25, 0.3) is 0 Å². The predicted molar refractivity (Wildman–Crippen MR) is 38.5 cm³/mol. The van der Waals surface area contributed by atoms with E-state index in [0.717, 1.165) is 6.42 Å². The Balaban J connectivity index is 2.65. The number of hydrogen-bond donors (Lipinski definition) is 0. The topological polar surface area (TPSA) is 26.3 Å². The lowest BCUT2D eigenvalue weighted by Gasteiger charge is -1.99. The average Bonchev–Trinajstić information content (AvgIpc) is 2.36. The monoisotopic (exact) mass is 138 g/mol. The van der Waals surface area contributed by atoms with Crippen LogP contribution >= 0.6 is 0 Å². The summed E-state index contributed by atoms with van der Waals surface area (Å²) in [4.78, 5) is 11.1. The number of hydrogen-bond acceptors (Lipinski definition) is 2. The molecule has 1 aliphatic rings. The van der Waals surface area contributed by atoms with Gasteiger partial charge in [-0.05, 0) is 18.6 Å². The van der Waals surface area contributed by atoms with Crippen LogP contribution in [0.15, 0.2) is 24.0 Å². The van der Waals surface area contributed by atoms with E-state index < -0.39 is 0 Å². The van der Waals surface area contributed by atoms with Crippen LogP contribution in [0.3, 0.4) is 0 Å². The molecule has 0 amide bonds. The molecule has 1 heterocycles. The molecule has 1 rings (SSSR count). The van der Waals surface area contributed by atoms with E-state index in [1.165, 1.54) is 0 Å². The van der Waals surface area contributed by atoms with Gasteiger partial charge in [-0.1, -0.05) is 6.58 Å². The van der Waals surface area contributed by atoms with Crippen LogP contribution in [0.2, 0.25) is 0 Å². The molecule has 54 valence electrons. The van der Waals surface area contributed by atoms with Gasteiger partial charge in [0.25, 0.3) is 0 Å². The lowest BCUT2D eigenvalue weighted by atomic mass is 10.2. The summed E-state index contributed by atoms with van der Waals surface area (Å²) in [6.07, 6.45) is 2.64. The summed E-state index contributed by atoms with van der Waals surface area (Å²) in [7, 11) is 0. The molecule has 0 atom stereocenters. The van der Waals surface area contributed by atoms with Gasteiger partial charge in [-0.25, -0.2) is 0 Å². The second-order valence-corrected chi connectivity index (χ2v) is 2.31. The molecule has 0 saturated heterocycles. The number of Topliss-reactive ketones (excluding diaryl/α,β-unsaturated/α-hetero) is 1. The Bertz CT molecular complexity index is 201. The predicted octanol–water partition coefficient (Wildman–Crippen LogP) is 1.44. The quantitative estimate of drug-likeness (QED) is 0.539. The molecule has 2 nitrogen and oxygen atoms in total. The zero-order chi connectivity index (χ0) is 7.56. The van der Waals surface area contributed by atoms with E-state index in [4.69, 9.17) is 4.74 Å². The van der Waals surface area contributed by atoms with E-state index in [-0.39, 0.29) is 5.78 Å². The van der Waals surface area contributed by atoms with Crippen LogP contribution < -0.4 is 0 Å². The van der Waals surface area contributed by atoms with E-state index in [2.05, 4.69) is 6.58 Å². The molecule has 0 radical (unpaired) electrons. The van der Waals surface area contributed by atoms with Gasteiger partial charge in [0.05, 0.1) is 6.61 Å². The third-order valence-corrected chi connectivity index (χ3v) is 1.32. The van der Waals surface area contributed by atoms with Crippen molar-refractivity contribution in [2.45, 2.75) is 13.3 Å². The maximum Gasteiger partial charge on any atom is 0.222 e. The summed E-state index contributed by atoms with van der Waals surface area (Å²) in [5.41, 5.74) is 0.535. The van der Waals surface area contributed by atoms with Crippen molar-refractivity contribution >= 4 is 5.78 Å². The molecule has 0 N–H and O–H groups in total. The van der Waals surface area contributed by atoms with E-state index in [1.807, 2.05) is 0 Å². The van der Waals surface area contributed by atoms with Crippen molar-refractivity contribution in [3.8, 4) is 0 Å². The Morgan fingerprint density at radius 3 is 2.90 bits per heavy atom. The summed E-state index contributed by atoms with van der Waals surface area (Å²) < 4.78 is 5.03. The zero-order valence-electron chi connectivity index (χ0n) is 6.02. The first-order chi connectivity index (χ1) is 4.72. The molecule has 0 saturated carbocycles. The van der Waals surface area contributed by atoms with Crippen LogP contribution in [0.5, 0.6) is 0 Å². The fraction of sp³-hybridized carbons (Fsp3) is 0.375. The minimum atomic E-state index is -0.0718. The molecular formula is C8H10O2. The molecular weight excluding hydrogens is 128 g/mol. The molecule has 10 heavy (non-hydrogen) atoms. The highest BCUT2D eigenvalue weighted by Crippen LogP contribution is 2.12. The molecule has 0 aromatic heterocycles. The van der Waals surface area contributed by atoms with Gasteiger partial charge in [0.15, 0.2) is 5.76 Å². The molecule has 1 aliphatic heterocycles. The van der Waals surface area contributed by atoms with Crippen LogP contribution in [-0.2, 0) is 9.53 Å². The standard InChI is InChI=1S/C8H10O2/c1-6(2)8(9)7-4-3-5-10-7/h4H,1,3,5H2,2H3. The molecule has 0 bridgehead atoms. The Morgan fingerprint density at radius 1 is 1.80 bits per heavy atom. The summed E-state index contributed by atoms with van der Waals surface area (Å²) in [6.45, 7) is 5.85. The van der Waals surface area contributed by atoms with Gasteiger partial charge in [-0.15, -0.1) is 0 Å². The van der Waals surface area contributed by atoms with Crippen LogP contribution in [0.4, 0.5) is 0 Å². The van der Waals surface area contributed by atoms with Gasteiger partial charge in [-0.2, -0.15) is 0 Å². The number of ether oxygens (including phenoxy) is 1. The molecule has 2 heteroatoms. The van der Waals surface area contributed by atoms with E-state index in [9.17, 15) is 4.79 Å². The highest BCUT2D eigenvalue weighted by atomic mass is 16.5. The number of carbonyl (C=O) groups excluding carboxylic acids is 1. The van der Waals surface area contributed by atoms with Crippen molar-refractivity contribution in [1.82, 2.24) is 0 Å². The first-order valence-corrected chi connectivity index (χ1v) is 3.25. The maximum atomic E-state index is 11.1. The highest BCUT2D eigenvalue weighted by molar-refractivity contribution is 6.06. The van der Waals surface area contributed by atoms with Crippen LogP contribution in [0, 0.1) is 0 Å². The molecule has 0 unspecified atom stereocenters. The molecule has 0 aliphatic carbocycles. The largest absolute Gasteiger partial charge is 0.489 e. The van der Waals surface area contributed by atoms with Gasteiger partial charge < -0.3 is 4.74 Å². The second-order valence-electron chi connectivity index (χ2n) is 2.31. The minimum absolute atomic E-state index is 0.0718. The Morgan fingerprint density at radius 2 is 2.50 bits per heavy atom. The van der Waals surface area contributed by atoms with E-state index >= 15 is 0 Å². The van der Waals surface area contributed by atoms with Gasteiger partial charge in [0, 0.05) is 6.42 Å². The van der Waals surface area contributed by atoms with Crippen molar-refractivity contribution in [3.63, 3.8) is 0 Å². The number of carbonyl (C=O) groups is 1. The fourth-order valence-corrected chi connectivity index (χ4v) is 0.786. The number of rotatable bonds is 2. The van der Waals surface area contributed by atoms with Gasteiger partial charge in [-0.3, -0.25) is 4.79 Å². The SMILES string of the molecule is C=C(C)C(=O)C1=CCCO1. The van der Waals surface area contributed by atoms with Crippen molar-refractivity contribution in [2.24, 2.45) is 0 Å². The second kappa shape index (κ2) is 2.69. The molecule has 0 spiro atoms. The highest BCUT2D eigenvalue weighted by Gasteiger charge is 2.14. The van der Waals surface area contributed by atoms with Gasteiger partial charge >= 0.3 is 0 Å². The van der Waals surface area contributed by atoms with Crippen molar-refractivity contribution in [3.05, 3.63) is 24.0 Å². The Hall–Kier alpha value is -1.05. The number of allylic oxidation sites excluding steroid dienone is 1. The van der Waals surface area contributed by atoms with Gasteiger partial charge in [0.2, 0.25) is 5.78 Å². The third-order valence-electron chi connectivity index (χ3n) is 1.32. The lowest BCUT2D eigenvalue weighted by Crippen LogP contribution is -2.02. The Labute approximate surface area is 60.2 Å². The van der Waals surface area contributed by atoms with Crippen molar-refractivity contribution < 1.29 is 9.53 Å². The Kier molecular flexibility index (Phi) is 1.90. The summed E-state index contributed by atoms with van der Waals surface area (Å²) >= 11 is 0. The van der Waals surface area contributed by atoms with Crippen LogP contribution in [-0.4, -0.2) is 12.4 Å². The molecule has 0 aromatic carbocycles. The zero-order valence-corrected chi connectivity index (χ0v) is 6.02. The lowest BCUT2D eigenvalue weighted by molar-refractivity contribution is -0.115. The smallest absolute Gasteiger partial charge is 0.222 e. The fourth-order valence-electron chi connectivity index (χ4n) is 0.786. The van der Waals surface area contributed by atoms with Crippen molar-refractivity contribution in [2.75, 3.05) is 6.61 Å². The van der Waals surface area contributed by atoms with E-state index in [0.29, 0.717) is 17.9 Å². The third kappa shape index (κ3) is 1.26.